The largest absolute Gasteiger partial charge is 0.446 e. The highest BCUT2D eigenvalue weighted by atomic mass is 32.1. The molecule has 2 aromatic carbocycles. The molecule has 0 saturated carbocycles. The van der Waals surface area contributed by atoms with Crippen molar-refractivity contribution in [3.8, 4) is 11.3 Å². The van der Waals surface area contributed by atoms with Crippen LogP contribution >= 0.6 is 11.7 Å². The summed E-state index contributed by atoms with van der Waals surface area (Å²) in [6, 6.07) is 18.3. The van der Waals surface area contributed by atoms with Gasteiger partial charge in [-0.05, 0) is 12.0 Å². The summed E-state index contributed by atoms with van der Waals surface area (Å²) in [5.41, 5.74) is 2.50. The Kier molecular flexibility index (Phi) is 5.73. The van der Waals surface area contributed by atoms with Crippen LogP contribution in [-0.2, 0) is 6.42 Å². The molecule has 2 heterocycles. The molecular formula is C21H18N4O3S. The van der Waals surface area contributed by atoms with Gasteiger partial charge in [0.1, 0.15) is 12.0 Å². The van der Waals surface area contributed by atoms with E-state index in [1.165, 1.54) is 12.5 Å². The average molecular weight is 406 g/mol. The van der Waals surface area contributed by atoms with Crippen molar-refractivity contribution in [2.75, 3.05) is 0 Å². The van der Waals surface area contributed by atoms with Crippen molar-refractivity contribution >= 4 is 17.6 Å². The highest BCUT2D eigenvalue weighted by Gasteiger charge is 2.29. The molecule has 0 radical (unpaired) electrons. The van der Waals surface area contributed by atoms with Gasteiger partial charge in [0, 0.05) is 5.56 Å². The topological polar surface area (TPSA) is 101 Å². The van der Waals surface area contributed by atoms with E-state index in [0.29, 0.717) is 12.1 Å². The normalized spacial score (nSPS) is 13.0. The number of nitrogens with one attached hydrogen (secondary N) is 1. The molecule has 0 aliphatic heterocycles. The van der Waals surface area contributed by atoms with Gasteiger partial charge in [-0.25, -0.2) is 4.98 Å². The smallest absolute Gasteiger partial charge is 0.273 e. The lowest BCUT2D eigenvalue weighted by Crippen LogP contribution is -2.41. The van der Waals surface area contributed by atoms with E-state index < -0.39 is 18.1 Å². The first-order valence-electron chi connectivity index (χ1n) is 9.02. The lowest BCUT2D eigenvalue weighted by molar-refractivity contribution is 0.0758. The Labute approximate surface area is 171 Å². The molecule has 29 heavy (non-hydrogen) atoms. The second-order valence-electron chi connectivity index (χ2n) is 6.41. The Morgan fingerprint density at radius 1 is 1.07 bits per heavy atom. The molecule has 0 bridgehead atoms. The molecular weight excluding hydrogens is 388 g/mol. The van der Waals surface area contributed by atoms with Crippen molar-refractivity contribution < 1.29 is 14.3 Å². The number of rotatable bonds is 7. The van der Waals surface area contributed by atoms with Crippen LogP contribution in [0, 0.1) is 0 Å². The number of carbonyl (C=O) groups excluding carboxylic acids is 1. The predicted molar refractivity (Wildman–Crippen MR) is 108 cm³/mol. The molecule has 2 unspecified atom stereocenters. The van der Waals surface area contributed by atoms with Gasteiger partial charge in [-0.15, -0.1) is 0 Å². The zero-order valence-electron chi connectivity index (χ0n) is 15.3. The van der Waals surface area contributed by atoms with Crippen LogP contribution in [0.5, 0.6) is 0 Å². The quantitative estimate of drug-likeness (QED) is 0.488. The van der Waals surface area contributed by atoms with Crippen LogP contribution in [-0.4, -0.2) is 30.8 Å². The zero-order chi connectivity index (χ0) is 20.1. The van der Waals surface area contributed by atoms with Crippen molar-refractivity contribution in [1.82, 2.24) is 19.0 Å². The summed E-state index contributed by atoms with van der Waals surface area (Å²) in [5.74, 6) is -0.268. The first-order valence-corrected chi connectivity index (χ1v) is 9.75. The highest BCUT2D eigenvalue weighted by Crippen LogP contribution is 2.23. The number of aromatic nitrogens is 3. The summed E-state index contributed by atoms with van der Waals surface area (Å²) in [6.07, 6.45) is 2.13. The van der Waals surface area contributed by atoms with E-state index in [1.807, 2.05) is 60.7 Å². The summed E-state index contributed by atoms with van der Waals surface area (Å²) in [6.45, 7) is 0. The van der Waals surface area contributed by atoms with Crippen LogP contribution in [0.1, 0.15) is 28.0 Å². The van der Waals surface area contributed by atoms with Gasteiger partial charge in [0.05, 0.1) is 24.0 Å². The molecule has 4 rings (SSSR count). The van der Waals surface area contributed by atoms with Crippen LogP contribution < -0.4 is 5.32 Å². The van der Waals surface area contributed by atoms with Crippen molar-refractivity contribution in [2.24, 2.45) is 0 Å². The number of oxazole rings is 1. The van der Waals surface area contributed by atoms with Crippen LogP contribution in [0.2, 0.25) is 0 Å². The van der Waals surface area contributed by atoms with Crippen LogP contribution in [0.25, 0.3) is 11.3 Å². The van der Waals surface area contributed by atoms with Crippen molar-refractivity contribution in [2.45, 2.75) is 18.6 Å². The van der Waals surface area contributed by atoms with Gasteiger partial charge >= 0.3 is 0 Å². The average Bonchev–Trinajstić information content (AvgIpc) is 3.46. The molecule has 2 aromatic heterocycles. The maximum atomic E-state index is 13.0. The minimum absolute atomic E-state index is 0.144. The highest BCUT2D eigenvalue weighted by molar-refractivity contribution is 6.99. The molecule has 0 aliphatic rings. The fraction of sp³-hybridized carbons (Fsp3) is 0.143. The second-order valence-corrected chi connectivity index (χ2v) is 6.94. The van der Waals surface area contributed by atoms with Gasteiger partial charge in [0.25, 0.3) is 5.91 Å². The van der Waals surface area contributed by atoms with Crippen LogP contribution in [0.4, 0.5) is 0 Å². The summed E-state index contributed by atoms with van der Waals surface area (Å²) in [7, 11) is 0. The number of amides is 1. The minimum atomic E-state index is -1.11. The van der Waals surface area contributed by atoms with Crippen molar-refractivity contribution in [1.29, 1.82) is 0 Å². The lowest BCUT2D eigenvalue weighted by atomic mass is 10.0. The van der Waals surface area contributed by atoms with Gasteiger partial charge in [0.15, 0.2) is 11.8 Å². The van der Waals surface area contributed by atoms with E-state index >= 15 is 0 Å². The van der Waals surface area contributed by atoms with E-state index in [2.05, 4.69) is 19.0 Å². The minimum Gasteiger partial charge on any atom is -0.446 e. The predicted octanol–water partition coefficient (Wildman–Crippen LogP) is 3.27. The number of nitrogens with zero attached hydrogens (tertiary/aromatic N) is 3. The zero-order valence-corrected chi connectivity index (χ0v) is 16.1. The fourth-order valence-corrected chi connectivity index (χ4v) is 3.59. The molecule has 2 N–H and O–H groups in total. The number of benzene rings is 2. The summed E-state index contributed by atoms with van der Waals surface area (Å²) in [5, 5.41) is 13.6. The molecule has 8 heteroatoms. The third-order valence-electron chi connectivity index (χ3n) is 4.45. The van der Waals surface area contributed by atoms with E-state index in [4.69, 9.17) is 4.42 Å². The molecule has 1 amide bonds. The van der Waals surface area contributed by atoms with Gasteiger partial charge in [0.2, 0.25) is 5.89 Å². The monoisotopic (exact) mass is 406 g/mol. The summed E-state index contributed by atoms with van der Waals surface area (Å²) < 4.78 is 13.7. The van der Waals surface area contributed by atoms with Gasteiger partial charge in [-0.3, -0.25) is 4.79 Å². The SMILES string of the molecule is O=C(NC(Cc1ccccc1)C(O)c1ncco1)c1nsnc1-c1ccccc1. The Hall–Kier alpha value is -3.36. The van der Waals surface area contributed by atoms with Crippen LogP contribution in [0.15, 0.2) is 77.5 Å². The molecule has 0 spiro atoms. The Morgan fingerprint density at radius 3 is 2.48 bits per heavy atom. The Morgan fingerprint density at radius 2 is 1.79 bits per heavy atom. The van der Waals surface area contributed by atoms with Crippen LogP contribution in [0.3, 0.4) is 0 Å². The first-order chi connectivity index (χ1) is 14.2. The number of carbonyl (C=O) groups is 1. The fourth-order valence-electron chi connectivity index (χ4n) is 3.02. The second kappa shape index (κ2) is 8.76. The number of hydrogen-bond donors (Lipinski definition) is 2. The number of aliphatic hydroxyl groups is 1. The Bertz CT molecular complexity index is 1050. The molecule has 4 aromatic rings. The molecule has 146 valence electrons. The third kappa shape index (κ3) is 4.39. The maximum Gasteiger partial charge on any atom is 0.273 e. The van der Waals surface area contributed by atoms with Gasteiger partial charge in [-0.2, -0.15) is 8.75 Å². The molecule has 0 fully saturated rings. The van der Waals surface area contributed by atoms with E-state index in [1.54, 1.807) is 0 Å². The van der Waals surface area contributed by atoms with E-state index in [9.17, 15) is 9.90 Å². The van der Waals surface area contributed by atoms with Crippen molar-refractivity contribution in [3.63, 3.8) is 0 Å². The van der Waals surface area contributed by atoms with Crippen molar-refractivity contribution in [3.05, 3.63) is 90.3 Å². The van der Waals surface area contributed by atoms with Gasteiger partial charge < -0.3 is 14.8 Å². The molecule has 7 nitrogen and oxygen atoms in total. The summed E-state index contributed by atoms with van der Waals surface area (Å²) in [4.78, 5) is 17.0. The standard InChI is InChI=1S/C21H18N4O3S/c26-19(21-22-11-12-28-21)16(13-14-7-3-1-4-8-14)23-20(27)18-17(24-29-25-18)15-9-5-2-6-10-15/h1-12,16,19,26H,13H2,(H,23,27). The first kappa shape index (κ1) is 19.0. The maximum absolute atomic E-state index is 13.0. The molecule has 0 aliphatic carbocycles. The van der Waals surface area contributed by atoms with E-state index in [0.717, 1.165) is 22.9 Å². The third-order valence-corrected chi connectivity index (χ3v) is 4.98. The number of aliphatic hydroxyl groups excluding tert-OH is 1. The lowest BCUT2D eigenvalue weighted by Gasteiger charge is -2.22. The molecule has 2 atom stereocenters. The Balaban J connectivity index is 1.59. The van der Waals surface area contributed by atoms with E-state index in [-0.39, 0.29) is 11.6 Å². The number of hydrogen-bond acceptors (Lipinski definition) is 7. The molecule has 0 saturated heterocycles. The summed E-state index contributed by atoms with van der Waals surface area (Å²) >= 11 is 0.972. The van der Waals surface area contributed by atoms with Gasteiger partial charge in [-0.1, -0.05) is 60.7 Å².